The Morgan fingerprint density at radius 3 is 2.07 bits per heavy atom. The average molecular weight is 408 g/mol. The van der Waals surface area contributed by atoms with E-state index in [-0.39, 0.29) is 0 Å². The third-order valence-corrected chi connectivity index (χ3v) is 8.51. The van der Waals surface area contributed by atoms with E-state index in [1.807, 2.05) is 6.20 Å². The zero-order valence-corrected chi connectivity index (χ0v) is 18.5. The first kappa shape index (κ1) is 19.4. The van der Waals surface area contributed by atoms with Crippen molar-refractivity contribution in [1.29, 1.82) is 0 Å². The van der Waals surface area contributed by atoms with Gasteiger partial charge in [0, 0.05) is 35.8 Å². The number of nitrogens with zero attached hydrogens (tertiary/aromatic N) is 3. The number of benzene rings is 1. The fourth-order valence-electron chi connectivity index (χ4n) is 5.35. The zero-order chi connectivity index (χ0) is 19.7. The lowest BCUT2D eigenvalue weighted by molar-refractivity contribution is 0.0305. The smallest absolute Gasteiger partial charge is 0.128 e. The van der Waals surface area contributed by atoms with Gasteiger partial charge in [-0.25, -0.2) is 4.98 Å². The van der Waals surface area contributed by atoms with E-state index in [2.05, 4.69) is 52.5 Å². The number of hydrogen-bond donors (Lipinski definition) is 0. The molecule has 5 rings (SSSR count). The molecule has 1 saturated carbocycles. The Morgan fingerprint density at radius 2 is 1.52 bits per heavy atom. The quantitative estimate of drug-likeness (QED) is 0.605. The molecular formula is C25H33N3S. The SMILES string of the molecule is CSc1ccc(-c2ccc(N3CCC4(CC3)CCN(C3CCC3)CC4)nc2)cc1. The van der Waals surface area contributed by atoms with E-state index in [1.165, 1.54) is 74.1 Å². The number of piperidine rings is 2. The molecule has 0 atom stereocenters. The van der Waals surface area contributed by atoms with Crippen LogP contribution in [0.5, 0.6) is 0 Å². The van der Waals surface area contributed by atoms with Gasteiger partial charge >= 0.3 is 0 Å². The van der Waals surface area contributed by atoms with Crippen LogP contribution in [0, 0.1) is 5.41 Å². The van der Waals surface area contributed by atoms with E-state index in [1.54, 1.807) is 11.8 Å². The van der Waals surface area contributed by atoms with Crippen molar-refractivity contribution < 1.29 is 0 Å². The van der Waals surface area contributed by atoms with Crippen LogP contribution in [0.3, 0.4) is 0 Å². The van der Waals surface area contributed by atoms with Gasteiger partial charge in [0.2, 0.25) is 0 Å². The lowest BCUT2D eigenvalue weighted by Gasteiger charge is -2.50. The largest absolute Gasteiger partial charge is 0.357 e. The van der Waals surface area contributed by atoms with Crippen molar-refractivity contribution in [2.45, 2.75) is 55.9 Å². The number of pyridine rings is 1. The summed E-state index contributed by atoms with van der Waals surface area (Å²) in [5.74, 6) is 1.15. The number of likely N-dealkylation sites (tertiary alicyclic amines) is 1. The molecular weight excluding hydrogens is 374 g/mol. The van der Waals surface area contributed by atoms with Crippen LogP contribution in [0.15, 0.2) is 47.5 Å². The van der Waals surface area contributed by atoms with Crippen molar-refractivity contribution in [1.82, 2.24) is 9.88 Å². The number of thioether (sulfide) groups is 1. The predicted molar refractivity (Wildman–Crippen MR) is 124 cm³/mol. The maximum Gasteiger partial charge on any atom is 0.128 e. The lowest BCUT2D eigenvalue weighted by Crippen LogP contribution is -2.51. The molecule has 1 aromatic heterocycles. The molecule has 0 N–H and O–H groups in total. The molecule has 0 unspecified atom stereocenters. The summed E-state index contributed by atoms with van der Waals surface area (Å²) in [5.41, 5.74) is 3.06. The van der Waals surface area contributed by atoms with Crippen molar-refractivity contribution in [3.63, 3.8) is 0 Å². The fourth-order valence-corrected chi connectivity index (χ4v) is 5.76. The number of anilines is 1. The molecule has 1 spiro atoms. The summed E-state index contributed by atoms with van der Waals surface area (Å²) in [4.78, 5) is 11.4. The predicted octanol–water partition coefficient (Wildman–Crippen LogP) is 5.71. The molecule has 29 heavy (non-hydrogen) atoms. The van der Waals surface area contributed by atoms with Crippen LogP contribution in [0.2, 0.25) is 0 Å². The first-order chi connectivity index (χ1) is 14.2. The summed E-state index contributed by atoms with van der Waals surface area (Å²) in [5, 5.41) is 0. The Balaban J connectivity index is 1.17. The summed E-state index contributed by atoms with van der Waals surface area (Å²) >= 11 is 1.78. The third kappa shape index (κ3) is 4.06. The van der Waals surface area contributed by atoms with Crippen molar-refractivity contribution in [2.75, 3.05) is 37.3 Å². The van der Waals surface area contributed by atoms with Gasteiger partial charge in [0.1, 0.15) is 5.82 Å². The molecule has 1 aromatic carbocycles. The van der Waals surface area contributed by atoms with Crippen LogP contribution in [0.4, 0.5) is 5.82 Å². The van der Waals surface area contributed by atoms with Gasteiger partial charge in [0.15, 0.2) is 0 Å². The van der Waals surface area contributed by atoms with Crippen LogP contribution in [0.1, 0.15) is 44.9 Å². The van der Waals surface area contributed by atoms with Crippen LogP contribution in [-0.2, 0) is 0 Å². The van der Waals surface area contributed by atoms with Gasteiger partial charge in [0.05, 0.1) is 0 Å². The minimum Gasteiger partial charge on any atom is -0.357 e. The highest BCUT2D eigenvalue weighted by molar-refractivity contribution is 7.98. The maximum absolute atomic E-state index is 4.82. The minimum absolute atomic E-state index is 0.607. The summed E-state index contributed by atoms with van der Waals surface area (Å²) in [6.07, 6.45) is 14.0. The Morgan fingerprint density at radius 1 is 0.862 bits per heavy atom. The second kappa shape index (κ2) is 8.31. The topological polar surface area (TPSA) is 19.4 Å². The summed E-state index contributed by atoms with van der Waals surface area (Å²) in [6, 6.07) is 14.1. The monoisotopic (exact) mass is 407 g/mol. The Labute approximate surface area is 179 Å². The first-order valence-corrected chi connectivity index (χ1v) is 12.6. The Hall–Kier alpha value is -1.52. The van der Waals surface area contributed by atoms with E-state index in [4.69, 9.17) is 4.98 Å². The van der Waals surface area contributed by atoms with Crippen LogP contribution in [-0.4, -0.2) is 48.4 Å². The van der Waals surface area contributed by atoms with E-state index in [9.17, 15) is 0 Å². The second-order valence-electron chi connectivity index (χ2n) is 9.24. The Kier molecular flexibility index (Phi) is 5.57. The van der Waals surface area contributed by atoms with Gasteiger partial charge in [-0.3, -0.25) is 0 Å². The van der Waals surface area contributed by atoms with Crippen LogP contribution >= 0.6 is 11.8 Å². The van der Waals surface area contributed by atoms with E-state index >= 15 is 0 Å². The first-order valence-electron chi connectivity index (χ1n) is 11.3. The van der Waals surface area contributed by atoms with Gasteiger partial charge < -0.3 is 9.80 Å². The summed E-state index contributed by atoms with van der Waals surface area (Å²) in [7, 11) is 0. The van der Waals surface area contributed by atoms with Crippen LogP contribution in [0.25, 0.3) is 11.1 Å². The molecule has 1 aliphatic carbocycles. The number of aromatic nitrogens is 1. The molecule has 3 aliphatic rings. The maximum atomic E-state index is 4.82. The number of rotatable bonds is 4. The highest BCUT2D eigenvalue weighted by atomic mass is 32.2. The van der Waals surface area contributed by atoms with Crippen molar-refractivity contribution in [3.8, 4) is 11.1 Å². The molecule has 0 radical (unpaired) electrons. The molecule has 0 bridgehead atoms. The fraction of sp³-hybridized carbons (Fsp3) is 0.560. The minimum atomic E-state index is 0.607. The van der Waals surface area contributed by atoms with Gasteiger partial charge in [-0.15, -0.1) is 11.8 Å². The van der Waals surface area contributed by atoms with E-state index in [0.29, 0.717) is 5.41 Å². The van der Waals surface area contributed by atoms with E-state index < -0.39 is 0 Å². The zero-order valence-electron chi connectivity index (χ0n) is 17.6. The molecule has 2 aliphatic heterocycles. The van der Waals surface area contributed by atoms with Gasteiger partial charge in [0.25, 0.3) is 0 Å². The summed E-state index contributed by atoms with van der Waals surface area (Å²) in [6.45, 7) is 5.01. The second-order valence-corrected chi connectivity index (χ2v) is 10.1. The normalized spacial score (nSPS) is 22.6. The molecule has 4 heteroatoms. The van der Waals surface area contributed by atoms with Crippen molar-refractivity contribution in [3.05, 3.63) is 42.6 Å². The molecule has 3 heterocycles. The van der Waals surface area contributed by atoms with Crippen molar-refractivity contribution in [2.24, 2.45) is 5.41 Å². The molecule has 2 aromatic rings. The average Bonchev–Trinajstić information content (AvgIpc) is 2.75. The van der Waals surface area contributed by atoms with Gasteiger partial charge in [-0.2, -0.15) is 0 Å². The molecule has 154 valence electrons. The van der Waals surface area contributed by atoms with Crippen LogP contribution < -0.4 is 4.90 Å². The van der Waals surface area contributed by atoms with Gasteiger partial charge in [-0.05, 0) is 93.1 Å². The molecule has 0 amide bonds. The molecule has 3 fully saturated rings. The standard InChI is InChI=1S/C25H33N3S/c1-29-23-8-5-20(6-9-23)21-7-10-24(26-19-21)28-17-13-25(14-18-28)11-15-27(16-12-25)22-3-2-4-22/h5-10,19,22H,2-4,11-18H2,1H3. The van der Waals surface area contributed by atoms with Gasteiger partial charge in [-0.1, -0.05) is 18.6 Å². The molecule has 3 nitrogen and oxygen atoms in total. The highest BCUT2D eigenvalue weighted by Gasteiger charge is 2.39. The molecule has 2 saturated heterocycles. The van der Waals surface area contributed by atoms with E-state index in [0.717, 1.165) is 24.9 Å². The third-order valence-electron chi connectivity index (χ3n) is 7.77. The Bertz CT molecular complexity index is 795. The highest BCUT2D eigenvalue weighted by Crippen LogP contribution is 2.43. The lowest BCUT2D eigenvalue weighted by atomic mass is 9.70. The van der Waals surface area contributed by atoms with Crippen molar-refractivity contribution >= 4 is 17.6 Å². The summed E-state index contributed by atoms with van der Waals surface area (Å²) < 4.78 is 0. The number of hydrogen-bond acceptors (Lipinski definition) is 4.